The van der Waals surface area contributed by atoms with Crippen molar-refractivity contribution in [2.75, 3.05) is 5.32 Å². The van der Waals surface area contributed by atoms with Gasteiger partial charge in [0.05, 0.1) is 5.56 Å². The van der Waals surface area contributed by atoms with E-state index >= 15 is 0 Å². The SMILES string of the molecule is Cc1ccc(O)c(C(=O)Nc2cc(C)c(O)cc2C)c1. The first-order valence-corrected chi connectivity index (χ1v) is 6.29. The van der Waals surface area contributed by atoms with Crippen LogP contribution in [0.1, 0.15) is 27.0 Å². The van der Waals surface area contributed by atoms with E-state index in [9.17, 15) is 15.0 Å². The maximum Gasteiger partial charge on any atom is 0.259 e. The third-order valence-electron chi connectivity index (χ3n) is 3.19. The van der Waals surface area contributed by atoms with Crippen molar-refractivity contribution in [1.82, 2.24) is 0 Å². The van der Waals surface area contributed by atoms with Crippen molar-refractivity contribution in [1.29, 1.82) is 0 Å². The largest absolute Gasteiger partial charge is 0.508 e. The van der Waals surface area contributed by atoms with Gasteiger partial charge in [0.2, 0.25) is 0 Å². The first kappa shape index (κ1) is 13.9. The van der Waals surface area contributed by atoms with Crippen molar-refractivity contribution < 1.29 is 15.0 Å². The Bertz CT molecular complexity index is 678. The molecule has 3 N–H and O–H groups in total. The summed E-state index contributed by atoms with van der Waals surface area (Å²) in [4.78, 5) is 12.2. The molecule has 0 aliphatic carbocycles. The lowest BCUT2D eigenvalue weighted by Gasteiger charge is -2.11. The molecule has 0 aromatic heterocycles. The Labute approximate surface area is 117 Å². The fourth-order valence-corrected chi connectivity index (χ4v) is 1.96. The van der Waals surface area contributed by atoms with Crippen LogP contribution >= 0.6 is 0 Å². The van der Waals surface area contributed by atoms with E-state index in [0.717, 1.165) is 11.1 Å². The molecule has 0 saturated carbocycles. The molecular weight excluding hydrogens is 254 g/mol. The molecule has 0 atom stereocenters. The Kier molecular flexibility index (Phi) is 3.66. The summed E-state index contributed by atoms with van der Waals surface area (Å²) >= 11 is 0. The maximum atomic E-state index is 12.2. The van der Waals surface area contributed by atoms with Crippen LogP contribution in [0.2, 0.25) is 0 Å². The van der Waals surface area contributed by atoms with Gasteiger partial charge in [-0.2, -0.15) is 0 Å². The summed E-state index contributed by atoms with van der Waals surface area (Å²) in [5.74, 6) is -0.237. The zero-order valence-corrected chi connectivity index (χ0v) is 11.7. The van der Waals surface area contributed by atoms with Gasteiger partial charge in [-0.3, -0.25) is 4.79 Å². The Balaban J connectivity index is 2.32. The van der Waals surface area contributed by atoms with Crippen LogP contribution in [0.4, 0.5) is 5.69 Å². The number of aromatic hydroxyl groups is 2. The second kappa shape index (κ2) is 5.25. The molecule has 0 unspecified atom stereocenters. The van der Waals surface area contributed by atoms with Gasteiger partial charge in [-0.15, -0.1) is 0 Å². The van der Waals surface area contributed by atoms with Crippen LogP contribution in [-0.4, -0.2) is 16.1 Å². The predicted molar refractivity (Wildman–Crippen MR) is 78.4 cm³/mol. The van der Waals surface area contributed by atoms with Crippen LogP contribution in [0.5, 0.6) is 11.5 Å². The zero-order chi connectivity index (χ0) is 14.9. The molecule has 0 fully saturated rings. The molecule has 0 saturated heterocycles. The molecule has 4 nitrogen and oxygen atoms in total. The molecule has 0 heterocycles. The monoisotopic (exact) mass is 271 g/mol. The fourth-order valence-electron chi connectivity index (χ4n) is 1.96. The normalized spacial score (nSPS) is 10.3. The second-order valence-corrected chi connectivity index (χ2v) is 4.93. The van der Waals surface area contributed by atoms with E-state index in [0.29, 0.717) is 11.3 Å². The second-order valence-electron chi connectivity index (χ2n) is 4.93. The molecule has 2 aromatic carbocycles. The number of rotatable bonds is 2. The van der Waals surface area contributed by atoms with Crippen LogP contribution in [0.15, 0.2) is 30.3 Å². The summed E-state index contributed by atoms with van der Waals surface area (Å²) in [5, 5.41) is 22.1. The average molecular weight is 271 g/mol. The molecule has 20 heavy (non-hydrogen) atoms. The number of hydrogen-bond donors (Lipinski definition) is 3. The minimum Gasteiger partial charge on any atom is -0.508 e. The highest BCUT2D eigenvalue weighted by molar-refractivity contribution is 6.06. The molecule has 2 aromatic rings. The average Bonchev–Trinajstić information content (AvgIpc) is 2.38. The summed E-state index contributed by atoms with van der Waals surface area (Å²) in [6, 6.07) is 8.17. The number of hydrogen-bond acceptors (Lipinski definition) is 3. The lowest BCUT2D eigenvalue weighted by molar-refractivity contribution is 0.102. The number of anilines is 1. The summed E-state index contributed by atoms with van der Waals surface area (Å²) in [6.07, 6.45) is 0. The van der Waals surface area contributed by atoms with Crippen molar-refractivity contribution >= 4 is 11.6 Å². The van der Waals surface area contributed by atoms with E-state index in [1.807, 2.05) is 6.92 Å². The van der Waals surface area contributed by atoms with Gasteiger partial charge in [0.1, 0.15) is 11.5 Å². The first-order valence-electron chi connectivity index (χ1n) is 6.29. The number of carbonyl (C=O) groups excluding carboxylic acids is 1. The van der Waals surface area contributed by atoms with Crippen molar-refractivity contribution in [2.24, 2.45) is 0 Å². The van der Waals surface area contributed by atoms with E-state index in [2.05, 4.69) is 5.32 Å². The Hall–Kier alpha value is -2.49. The van der Waals surface area contributed by atoms with Gasteiger partial charge in [-0.1, -0.05) is 11.6 Å². The Morgan fingerprint density at radius 2 is 1.65 bits per heavy atom. The molecular formula is C16H17NO3. The topological polar surface area (TPSA) is 69.6 Å². The third-order valence-corrected chi connectivity index (χ3v) is 3.19. The minimum atomic E-state index is -0.376. The number of aryl methyl sites for hydroxylation is 3. The molecule has 2 rings (SSSR count). The lowest BCUT2D eigenvalue weighted by Crippen LogP contribution is -2.13. The standard InChI is InChI=1S/C16H17NO3/c1-9-4-5-14(18)12(6-9)16(20)17-13-7-11(3)15(19)8-10(13)2/h4-8,18-19H,1-3H3,(H,17,20). The highest BCUT2D eigenvalue weighted by Gasteiger charge is 2.13. The van der Waals surface area contributed by atoms with Gasteiger partial charge in [0, 0.05) is 5.69 Å². The van der Waals surface area contributed by atoms with Crippen molar-refractivity contribution in [2.45, 2.75) is 20.8 Å². The van der Waals surface area contributed by atoms with Crippen molar-refractivity contribution in [3.8, 4) is 11.5 Å². The number of phenolic OH excluding ortho intramolecular Hbond substituents is 2. The molecule has 0 aliphatic heterocycles. The maximum absolute atomic E-state index is 12.2. The van der Waals surface area contributed by atoms with Gasteiger partial charge in [0.25, 0.3) is 5.91 Å². The molecule has 1 amide bonds. The van der Waals surface area contributed by atoms with Gasteiger partial charge in [-0.05, 0) is 56.2 Å². The number of phenols is 2. The molecule has 4 heteroatoms. The van der Waals surface area contributed by atoms with Crippen molar-refractivity contribution in [3.05, 3.63) is 52.6 Å². The number of nitrogens with one attached hydrogen (secondary N) is 1. The number of benzene rings is 2. The van der Waals surface area contributed by atoms with Gasteiger partial charge < -0.3 is 15.5 Å². The third kappa shape index (κ3) is 2.74. The van der Waals surface area contributed by atoms with E-state index in [-0.39, 0.29) is 23.0 Å². The zero-order valence-electron chi connectivity index (χ0n) is 11.7. The summed E-state index contributed by atoms with van der Waals surface area (Å²) in [5.41, 5.74) is 3.18. The number of amides is 1. The predicted octanol–water partition coefficient (Wildman–Crippen LogP) is 3.28. The highest BCUT2D eigenvalue weighted by Crippen LogP contribution is 2.26. The summed E-state index contributed by atoms with van der Waals surface area (Å²) in [6.45, 7) is 5.41. The Morgan fingerprint density at radius 3 is 2.35 bits per heavy atom. The van der Waals surface area contributed by atoms with Crippen LogP contribution in [-0.2, 0) is 0 Å². The highest BCUT2D eigenvalue weighted by atomic mass is 16.3. The lowest BCUT2D eigenvalue weighted by atomic mass is 10.1. The molecule has 0 spiro atoms. The smallest absolute Gasteiger partial charge is 0.259 e. The summed E-state index contributed by atoms with van der Waals surface area (Å²) < 4.78 is 0. The van der Waals surface area contributed by atoms with E-state index in [1.54, 1.807) is 38.1 Å². The van der Waals surface area contributed by atoms with Gasteiger partial charge in [-0.25, -0.2) is 0 Å². The fraction of sp³-hybridized carbons (Fsp3) is 0.188. The Morgan fingerprint density at radius 1 is 0.950 bits per heavy atom. The van der Waals surface area contributed by atoms with Crippen LogP contribution in [0.25, 0.3) is 0 Å². The van der Waals surface area contributed by atoms with Gasteiger partial charge in [0.15, 0.2) is 0 Å². The molecule has 0 radical (unpaired) electrons. The van der Waals surface area contributed by atoms with E-state index in [1.165, 1.54) is 6.07 Å². The van der Waals surface area contributed by atoms with Gasteiger partial charge >= 0.3 is 0 Å². The van der Waals surface area contributed by atoms with E-state index in [4.69, 9.17) is 0 Å². The first-order chi connectivity index (χ1) is 9.38. The quantitative estimate of drug-likeness (QED) is 0.734. The van der Waals surface area contributed by atoms with Crippen LogP contribution in [0.3, 0.4) is 0 Å². The molecule has 104 valence electrons. The van der Waals surface area contributed by atoms with Crippen LogP contribution in [0, 0.1) is 20.8 Å². The summed E-state index contributed by atoms with van der Waals surface area (Å²) in [7, 11) is 0. The van der Waals surface area contributed by atoms with Crippen LogP contribution < -0.4 is 5.32 Å². The minimum absolute atomic E-state index is 0.0544. The number of carbonyl (C=O) groups is 1. The molecule has 0 aliphatic rings. The van der Waals surface area contributed by atoms with E-state index < -0.39 is 0 Å². The molecule has 0 bridgehead atoms. The van der Waals surface area contributed by atoms with Crippen molar-refractivity contribution in [3.63, 3.8) is 0 Å².